The summed E-state index contributed by atoms with van der Waals surface area (Å²) in [6, 6.07) is 0. The van der Waals surface area contributed by atoms with Crippen LogP contribution in [0.25, 0.3) is 0 Å². The van der Waals surface area contributed by atoms with Crippen LogP contribution in [0, 0.1) is 0 Å². The van der Waals surface area contributed by atoms with Gasteiger partial charge in [0, 0.05) is 11.1 Å². The van der Waals surface area contributed by atoms with Gasteiger partial charge in [-0.2, -0.15) is 0 Å². The second kappa shape index (κ2) is 8.42. The summed E-state index contributed by atoms with van der Waals surface area (Å²) in [5, 5.41) is 0. The summed E-state index contributed by atoms with van der Waals surface area (Å²) in [7, 11) is 0. The summed E-state index contributed by atoms with van der Waals surface area (Å²) >= 11 is 2.94. The molecule has 6 heteroatoms. The third kappa shape index (κ3) is 10.8. The van der Waals surface area contributed by atoms with Crippen LogP contribution < -0.4 is 11.5 Å². The van der Waals surface area contributed by atoms with E-state index in [1.54, 1.807) is 0 Å². The molecule has 0 aromatic rings. The molecule has 0 spiro atoms. The van der Waals surface area contributed by atoms with Crippen LogP contribution in [-0.4, -0.2) is 11.1 Å². The van der Waals surface area contributed by atoms with Gasteiger partial charge in [0.1, 0.15) is 0 Å². The predicted molar refractivity (Wildman–Crippen MR) is 51.7 cm³/mol. The maximum absolute atomic E-state index is 7.81. The molecular formula is C6H18Cl2CuN2O. The Labute approximate surface area is 94.9 Å². The summed E-state index contributed by atoms with van der Waals surface area (Å²) in [5.74, 6) is 0. The SMILES string of the molecule is CC(C)(N)C(C)(C)N.Cl.Cl.[O]=[Cu]. The van der Waals surface area contributed by atoms with Gasteiger partial charge in [0.2, 0.25) is 0 Å². The van der Waals surface area contributed by atoms with Gasteiger partial charge < -0.3 is 11.5 Å². The zero-order chi connectivity index (χ0) is 9.00. The molecule has 83 valence electrons. The van der Waals surface area contributed by atoms with Crippen molar-refractivity contribution in [2.75, 3.05) is 0 Å². The number of hydrogen-bond acceptors (Lipinski definition) is 3. The van der Waals surface area contributed by atoms with E-state index in [0.29, 0.717) is 0 Å². The van der Waals surface area contributed by atoms with Crippen molar-refractivity contribution in [3.05, 3.63) is 0 Å². The van der Waals surface area contributed by atoms with Crippen LogP contribution >= 0.6 is 24.8 Å². The first-order valence-corrected chi connectivity index (χ1v) is 3.33. The standard InChI is InChI=1S/C6H16N2.2ClH.Cu.O/c1-5(2,7)6(3,4)8;;;;/h7-8H2,1-4H3;2*1H;;. The van der Waals surface area contributed by atoms with E-state index in [2.05, 4.69) is 15.9 Å². The van der Waals surface area contributed by atoms with E-state index in [4.69, 9.17) is 15.3 Å². The van der Waals surface area contributed by atoms with E-state index in [1.807, 2.05) is 27.7 Å². The normalized spacial score (nSPS) is 10.0. The third-order valence-corrected chi connectivity index (χ3v) is 1.66. The summed E-state index contributed by atoms with van der Waals surface area (Å²) in [6.45, 7) is 7.69. The topological polar surface area (TPSA) is 69.1 Å². The number of rotatable bonds is 1. The van der Waals surface area contributed by atoms with Crippen molar-refractivity contribution in [3.8, 4) is 0 Å². The Kier molecular flexibility index (Phi) is 16.2. The molecule has 0 saturated heterocycles. The first-order valence-electron chi connectivity index (χ1n) is 2.95. The van der Waals surface area contributed by atoms with Gasteiger partial charge >= 0.3 is 19.8 Å². The van der Waals surface area contributed by atoms with E-state index in [0.717, 1.165) is 0 Å². The molecule has 0 aromatic heterocycles. The van der Waals surface area contributed by atoms with Crippen LogP contribution in [0.3, 0.4) is 0 Å². The number of nitrogens with two attached hydrogens (primary N) is 2. The number of halogens is 2. The Morgan fingerprint density at radius 2 is 0.917 bits per heavy atom. The summed E-state index contributed by atoms with van der Waals surface area (Å²) in [6.07, 6.45) is 0. The van der Waals surface area contributed by atoms with Gasteiger partial charge in [0.25, 0.3) is 0 Å². The van der Waals surface area contributed by atoms with Gasteiger partial charge in [-0.3, -0.25) is 0 Å². The molecule has 0 radical (unpaired) electrons. The molecule has 0 heterocycles. The Morgan fingerprint density at radius 1 is 0.833 bits per heavy atom. The maximum atomic E-state index is 7.81. The van der Waals surface area contributed by atoms with Crippen molar-refractivity contribution in [1.29, 1.82) is 0 Å². The van der Waals surface area contributed by atoms with E-state index in [9.17, 15) is 0 Å². The molecule has 0 atom stereocenters. The van der Waals surface area contributed by atoms with Crippen molar-refractivity contribution >= 4 is 24.8 Å². The molecule has 12 heavy (non-hydrogen) atoms. The Morgan fingerprint density at radius 3 is 0.917 bits per heavy atom. The van der Waals surface area contributed by atoms with E-state index >= 15 is 0 Å². The van der Waals surface area contributed by atoms with Crippen molar-refractivity contribution < 1.29 is 19.8 Å². The van der Waals surface area contributed by atoms with Gasteiger partial charge in [0.05, 0.1) is 0 Å². The first kappa shape index (κ1) is 23.0. The first-order chi connectivity index (χ1) is 4.25. The Hall–Kier alpha value is 0.819. The Balaban J connectivity index is -0.0000000740. The van der Waals surface area contributed by atoms with Crippen molar-refractivity contribution in [3.63, 3.8) is 0 Å². The summed E-state index contributed by atoms with van der Waals surface area (Å²) in [4.78, 5) is 0. The van der Waals surface area contributed by atoms with Gasteiger partial charge in [-0.15, -0.1) is 24.8 Å². The van der Waals surface area contributed by atoms with Crippen LogP contribution in [0.15, 0.2) is 0 Å². The molecule has 0 unspecified atom stereocenters. The van der Waals surface area contributed by atoms with Gasteiger partial charge in [-0.05, 0) is 27.7 Å². The molecule has 4 N–H and O–H groups in total. The van der Waals surface area contributed by atoms with E-state index in [1.165, 1.54) is 0 Å². The zero-order valence-corrected chi connectivity index (χ0v) is 10.3. The van der Waals surface area contributed by atoms with Crippen LogP contribution in [0.4, 0.5) is 0 Å². The monoisotopic (exact) mass is 267 g/mol. The fourth-order valence-corrected chi connectivity index (χ4v) is 0. The minimum absolute atomic E-state index is 0. The quantitative estimate of drug-likeness (QED) is 0.702. The van der Waals surface area contributed by atoms with Crippen LogP contribution in [0.1, 0.15) is 27.7 Å². The molecule has 3 nitrogen and oxygen atoms in total. The van der Waals surface area contributed by atoms with E-state index in [-0.39, 0.29) is 35.9 Å². The average Bonchev–Trinajstić information content (AvgIpc) is 1.66. The molecule has 0 aromatic carbocycles. The van der Waals surface area contributed by atoms with Crippen molar-refractivity contribution in [1.82, 2.24) is 0 Å². The van der Waals surface area contributed by atoms with Gasteiger partial charge in [-0.25, -0.2) is 0 Å². The molecule has 0 bridgehead atoms. The Bertz CT molecular complexity index is 88.7. The van der Waals surface area contributed by atoms with Gasteiger partial charge in [-0.1, -0.05) is 0 Å². The fraction of sp³-hybridized carbons (Fsp3) is 1.00. The predicted octanol–water partition coefficient (Wildman–Crippen LogP) is 1.18. The second-order valence-electron chi connectivity index (χ2n) is 3.44. The molecule has 0 rings (SSSR count). The molecule has 0 aliphatic rings. The van der Waals surface area contributed by atoms with Crippen LogP contribution in [0.5, 0.6) is 0 Å². The second-order valence-corrected chi connectivity index (χ2v) is 3.44. The average molecular weight is 269 g/mol. The summed E-state index contributed by atoms with van der Waals surface area (Å²) in [5.41, 5.74) is 10.8. The molecule has 0 aliphatic carbocycles. The van der Waals surface area contributed by atoms with Gasteiger partial charge in [0.15, 0.2) is 0 Å². The van der Waals surface area contributed by atoms with Crippen LogP contribution in [0.2, 0.25) is 0 Å². The molecular weight excluding hydrogens is 251 g/mol. The minimum atomic E-state index is -0.285. The van der Waals surface area contributed by atoms with Crippen molar-refractivity contribution in [2.45, 2.75) is 38.8 Å². The molecule has 0 aliphatic heterocycles. The third-order valence-electron chi connectivity index (χ3n) is 1.66. The molecule has 0 saturated carbocycles. The van der Waals surface area contributed by atoms with E-state index < -0.39 is 0 Å². The molecule has 0 fully saturated rings. The number of hydrogen-bond donors (Lipinski definition) is 2. The van der Waals surface area contributed by atoms with Crippen molar-refractivity contribution in [2.24, 2.45) is 11.5 Å². The molecule has 0 amide bonds. The van der Waals surface area contributed by atoms with Crippen LogP contribution in [-0.2, 0) is 19.8 Å². The zero-order valence-electron chi connectivity index (χ0n) is 7.68. The summed E-state index contributed by atoms with van der Waals surface area (Å²) < 4.78 is 7.81. The fourth-order valence-electron chi connectivity index (χ4n) is 0.